The number of benzene rings is 1. The Kier molecular flexibility index (Phi) is 1.74. The fourth-order valence-corrected chi connectivity index (χ4v) is 2.86. The Hall–Kier alpha value is -1.08. The van der Waals surface area contributed by atoms with Gasteiger partial charge in [-0.05, 0) is 29.9 Å². The Bertz CT molecular complexity index is 381. The van der Waals surface area contributed by atoms with E-state index in [-0.39, 0.29) is 6.10 Å². The zero-order valence-electron chi connectivity index (χ0n) is 8.06. The summed E-state index contributed by atoms with van der Waals surface area (Å²) in [6.45, 7) is 0. The zero-order chi connectivity index (χ0) is 9.54. The minimum absolute atomic E-state index is 0.133. The van der Waals surface area contributed by atoms with E-state index in [4.69, 9.17) is 0 Å². The normalized spacial score (nSPS) is 33.9. The standard InChI is InChI=1S/C13H14O/c14-12-8-7-10-6-5-9-3-1-2-4-11(9)13(10)12/h1-6,10,12-14H,7-8H2. The highest BCUT2D eigenvalue weighted by Gasteiger charge is 2.36. The molecule has 0 amide bonds. The number of rotatable bonds is 0. The maximum atomic E-state index is 9.94. The SMILES string of the molecule is OC1CCC2C=Cc3ccccc3C12. The number of fused-ring (bicyclic) bond motifs is 3. The van der Waals surface area contributed by atoms with Gasteiger partial charge in [0.1, 0.15) is 0 Å². The van der Waals surface area contributed by atoms with E-state index in [2.05, 4.69) is 36.4 Å². The lowest BCUT2D eigenvalue weighted by atomic mass is 9.81. The Morgan fingerprint density at radius 1 is 1.14 bits per heavy atom. The minimum Gasteiger partial charge on any atom is -0.392 e. The minimum atomic E-state index is -0.133. The van der Waals surface area contributed by atoms with Crippen molar-refractivity contribution in [3.8, 4) is 0 Å². The van der Waals surface area contributed by atoms with Gasteiger partial charge in [0, 0.05) is 5.92 Å². The van der Waals surface area contributed by atoms with E-state index >= 15 is 0 Å². The third kappa shape index (κ3) is 1.05. The van der Waals surface area contributed by atoms with Crippen LogP contribution in [0, 0.1) is 5.92 Å². The number of allylic oxidation sites excluding steroid dienone is 1. The first-order chi connectivity index (χ1) is 6.86. The van der Waals surface area contributed by atoms with E-state index in [0.29, 0.717) is 11.8 Å². The molecule has 2 aliphatic rings. The Morgan fingerprint density at radius 2 is 2.00 bits per heavy atom. The third-order valence-electron chi connectivity index (χ3n) is 3.55. The Labute approximate surface area is 84.1 Å². The molecule has 1 saturated carbocycles. The molecule has 0 saturated heterocycles. The molecule has 0 radical (unpaired) electrons. The van der Waals surface area contributed by atoms with Gasteiger partial charge in [-0.15, -0.1) is 0 Å². The molecular formula is C13H14O. The van der Waals surface area contributed by atoms with Crippen molar-refractivity contribution in [1.29, 1.82) is 0 Å². The molecule has 1 heteroatoms. The lowest BCUT2D eigenvalue weighted by Gasteiger charge is -2.25. The average Bonchev–Trinajstić information content (AvgIpc) is 2.61. The van der Waals surface area contributed by atoms with Crippen molar-refractivity contribution in [1.82, 2.24) is 0 Å². The second-order valence-electron chi connectivity index (χ2n) is 4.32. The molecular weight excluding hydrogens is 172 g/mol. The molecule has 3 atom stereocenters. The molecule has 1 aromatic carbocycles. The van der Waals surface area contributed by atoms with Gasteiger partial charge in [0.25, 0.3) is 0 Å². The average molecular weight is 186 g/mol. The number of hydrogen-bond donors (Lipinski definition) is 1. The van der Waals surface area contributed by atoms with Crippen molar-refractivity contribution in [2.45, 2.75) is 24.9 Å². The van der Waals surface area contributed by atoms with Gasteiger partial charge in [0.05, 0.1) is 6.10 Å². The number of hydrogen-bond acceptors (Lipinski definition) is 1. The first kappa shape index (κ1) is 8.25. The summed E-state index contributed by atoms with van der Waals surface area (Å²) in [6.07, 6.45) is 6.42. The van der Waals surface area contributed by atoms with E-state index in [1.165, 1.54) is 11.1 Å². The van der Waals surface area contributed by atoms with Crippen molar-refractivity contribution in [2.75, 3.05) is 0 Å². The van der Waals surface area contributed by atoms with Crippen molar-refractivity contribution < 1.29 is 5.11 Å². The first-order valence-corrected chi connectivity index (χ1v) is 5.31. The maximum absolute atomic E-state index is 9.94. The quantitative estimate of drug-likeness (QED) is 0.660. The van der Waals surface area contributed by atoms with Crippen LogP contribution in [-0.2, 0) is 0 Å². The molecule has 1 nitrogen and oxygen atoms in total. The van der Waals surface area contributed by atoms with Crippen LogP contribution in [0.1, 0.15) is 29.9 Å². The summed E-state index contributed by atoms with van der Waals surface area (Å²) in [6, 6.07) is 8.42. The molecule has 2 aliphatic carbocycles. The third-order valence-corrected chi connectivity index (χ3v) is 3.55. The van der Waals surface area contributed by atoms with Gasteiger partial charge in [-0.25, -0.2) is 0 Å². The summed E-state index contributed by atoms with van der Waals surface area (Å²) >= 11 is 0. The second kappa shape index (κ2) is 2.96. The van der Waals surface area contributed by atoms with Crippen LogP contribution in [0.3, 0.4) is 0 Å². The van der Waals surface area contributed by atoms with Crippen LogP contribution in [0.2, 0.25) is 0 Å². The fraction of sp³-hybridized carbons (Fsp3) is 0.385. The molecule has 0 heterocycles. The lowest BCUT2D eigenvalue weighted by molar-refractivity contribution is 0.158. The van der Waals surface area contributed by atoms with E-state index < -0.39 is 0 Å². The number of aliphatic hydroxyl groups is 1. The number of aliphatic hydroxyl groups excluding tert-OH is 1. The van der Waals surface area contributed by atoms with Crippen molar-refractivity contribution in [2.24, 2.45) is 5.92 Å². The molecule has 72 valence electrons. The summed E-state index contributed by atoms with van der Waals surface area (Å²) < 4.78 is 0. The molecule has 0 aliphatic heterocycles. The Balaban J connectivity index is 2.12. The summed E-state index contributed by atoms with van der Waals surface area (Å²) in [4.78, 5) is 0. The summed E-state index contributed by atoms with van der Waals surface area (Å²) in [5.74, 6) is 0.927. The van der Waals surface area contributed by atoms with Gasteiger partial charge in [0.15, 0.2) is 0 Å². The first-order valence-electron chi connectivity index (χ1n) is 5.31. The van der Waals surface area contributed by atoms with E-state index in [9.17, 15) is 5.11 Å². The van der Waals surface area contributed by atoms with Crippen LogP contribution >= 0.6 is 0 Å². The van der Waals surface area contributed by atoms with Crippen LogP contribution in [0.4, 0.5) is 0 Å². The van der Waals surface area contributed by atoms with Gasteiger partial charge in [0.2, 0.25) is 0 Å². The van der Waals surface area contributed by atoms with Crippen molar-refractivity contribution in [3.63, 3.8) is 0 Å². The fourth-order valence-electron chi connectivity index (χ4n) is 2.86. The molecule has 1 aromatic rings. The highest BCUT2D eigenvalue weighted by atomic mass is 16.3. The summed E-state index contributed by atoms with van der Waals surface area (Å²) in [5.41, 5.74) is 2.62. The molecule has 1 fully saturated rings. The predicted octanol–water partition coefficient (Wildman–Crippen LogP) is 2.57. The summed E-state index contributed by atoms with van der Waals surface area (Å²) in [5, 5.41) is 9.94. The van der Waals surface area contributed by atoms with E-state index in [1.54, 1.807) is 0 Å². The molecule has 3 rings (SSSR count). The highest BCUT2D eigenvalue weighted by molar-refractivity contribution is 5.59. The monoisotopic (exact) mass is 186 g/mol. The van der Waals surface area contributed by atoms with E-state index in [1.807, 2.05) is 0 Å². The smallest absolute Gasteiger partial charge is 0.0614 e. The lowest BCUT2D eigenvalue weighted by Crippen LogP contribution is -2.18. The van der Waals surface area contributed by atoms with Gasteiger partial charge in [-0.1, -0.05) is 36.4 Å². The molecule has 0 aromatic heterocycles. The highest BCUT2D eigenvalue weighted by Crippen LogP contribution is 2.44. The molecule has 0 bridgehead atoms. The van der Waals surface area contributed by atoms with Crippen LogP contribution < -0.4 is 0 Å². The van der Waals surface area contributed by atoms with Crippen LogP contribution in [0.15, 0.2) is 30.3 Å². The predicted molar refractivity (Wildman–Crippen MR) is 56.9 cm³/mol. The van der Waals surface area contributed by atoms with Gasteiger partial charge < -0.3 is 5.11 Å². The van der Waals surface area contributed by atoms with E-state index in [0.717, 1.165) is 12.8 Å². The van der Waals surface area contributed by atoms with Gasteiger partial charge in [-0.2, -0.15) is 0 Å². The largest absolute Gasteiger partial charge is 0.392 e. The van der Waals surface area contributed by atoms with Crippen molar-refractivity contribution in [3.05, 3.63) is 41.5 Å². The maximum Gasteiger partial charge on any atom is 0.0614 e. The second-order valence-corrected chi connectivity index (χ2v) is 4.32. The zero-order valence-corrected chi connectivity index (χ0v) is 8.06. The molecule has 1 N–H and O–H groups in total. The topological polar surface area (TPSA) is 20.2 Å². The summed E-state index contributed by atoms with van der Waals surface area (Å²) in [7, 11) is 0. The van der Waals surface area contributed by atoms with Crippen molar-refractivity contribution >= 4 is 6.08 Å². The Morgan fingerprint density at radius 3 is 2.93 bits per heavy atom. The molecule has 0 spiro atoms. The molecule has 14 heavy (non-hydrogen) atoms. The van der Waals surface area contributed by atoms with Crippen LogP contribution in [0.5, 0.6) is 0 Å². The van der Waals surface area contributed by atoms with Crippen LogP contribution in [-0.4, -0.2) is 11.2 Å². The van der Waals surface area contributed by atoms with Crippen LogP contribution in [0.25, 0.3) is 6.08 Å². The molecule has 3 unspecified atom stereocenters. The van der Waals surface area contributed by atoms with Gasteiger partial charge in [-0.3, -0.25) is 0 Å². The van der Waals surface area contributed by atoms with Gasteiger partial charge >= 0.3 is 0 Å².